The van der Waals surface area contributed by atoms with Gasteiger partial charge < -0.3 is 15.0 Å². The Kier molecular flexibility index (Phi) is 6.07. The van der Waals surface area contributed by atoms with E-state index < -0.39 is 0 Å². The molecule has 2 aliphatic heterocycles. The molecule has 0 bridgehead atoms. The van der Waals surface area contributed by atoms with Gasteiger partial charge in [0.2, 0.25) is 5.91 Å². The monoisotopic (exact) mass is 385 g/mol. The number of likely N-dealkylation sites (tertiary alicyclic amines) is 1. The summed E-state index contributed by atoms with van der Waals surface area (Å²) in [5.74, 6) is 0.0880. The minimum Gasteiger partial charge on any atom is -0.378 e. The maximum absolute atomic E-state index is 12.4. The van der Waals surface area contributed by atoms with Crippen molar-refractivity contribution >= 4 is 28.6 Å². The summed E-state index contributed by atoms with van der Waals surface area (Å²) in [6.45, 7) is 5.31. The molecule has 1 amide bonds. The SMILES string of the molecule is O=C(CCN1CCCC1c1ccsc1)Nc1ccc(N2CCOCC2)cc1. The lowest BCUT2D eigenvalue weighted by atomic mass is 10.1. The van der Waals surface area contributed by atoms with Crippen LogP contribution in [0.4, 0.5) is 11.4 Å². The molecule has 1 N–H and O–H groups in total. The van der Waals surface area contributed by atoms with E-state index >= 15 is 0 Å². The number of ether oxygens (including phenoxy) is 1. The molecule has 2 aliphatic rings. The van der Waals surface area contributed by atoms with Crippen LogP contribution in [0, 0.1) is 0 Å². The number of hydrogen-bond acceptors (Lipinski definition) is 5. The van der Waals surface area contributed by atoms with Gasteiger partial charge >= 0.3 is 0 Å². The third-order valence-electron chi connectivity index (χ3n) is 5.44. The first-order valence-corrected chi connectivity index (χ1v) is 10.7. The molecular formula is C21H27N3O2S. The molecule has 2 fully saturated rings. The van der Waals surface area contributed by atoms with Crippen molar-refractivity contribution < 1.29 is 9.53 Å². The number of nitrogens with one attached hydrogen (secondary N) is 1. The minimum absolute atomic E-state index is 0.0880. The van der Waals surface area contributed by atoms with Crippen LogP contribution in [-0.4, -0.2) is 50.2 Å². The highest BCUT2D eigenvalue weighted by atomic mass is 32.1. The molecule has 5 nitrogen and oxygen atoms in total. The lowest BCUT2D eigenvalue weighted by Crippen LogP contribution is -2.36. The summed E-state index contributed by atoms with van der Waals surface area (Å²) in [5.41, 5.74) is 3.45. The largest absolute Gasteiger partial charge is 0.378 e. The minimum atomic E-state index is 0.0880. The number of morpholine rings is 1. The van der Waals surface area contributed by atoms with Gasteiger partial charge in [-0.3, -0.25) is 9.69 Å². The molecule has 3 heterocycles. The number of carbonyl (C=O) groups excluding carboxylic acids is 1. The zero-order valence-electron chi connectivity index (χ0n) is 15.6. The summed E-state index contributed by atoms with van der Waals surface area (Å²) in [6, 6.07) is 10.8. The predicted molar refractivity (Wildman–Crippen MR) is 111 cm³/mol. The lowest BCUT2D eigenvalue weighted by molar-refractivity contribution is -0.116. The maximum atomic E-state index is 12.4. The van der Waals surface area contributed by atoms with E-state index in [9.17, 15) is 4.79 Å². The second-order valence-electron chi connectivity index (χ2n) is 7.20. The number of rotatable bonds is 6. The quantitative estimate of drug-likeness (QED) is 0.823. The number of carbonyl (C=O) groups is 1. The van der Waals surface area contributed by atoms with Gasteiger partial charge in [0.05, 0.1) is 13.2 Å². The number of benzene rings is 1. The van der Waals surface area contributed by atoms with Crippen LogP contribution >= 0.6 is 11.3 Å². The second-order valence-corrected chi connectivity index (χ2v) is 7.98. The molecule has 27 heavy (non-hydrogen) atoms. The second kappa shape index (κ2) is 8.87. The normalized spacial score (nSPS) is 20.7. The first-order chi connectivity index (χ1) is 13.3. The Morgan fingerprint density at radius 1 is 1.15 bits per heavy atom. The molecule has 2 aromatic rings. The van der Waals surface area contributed by atoms with Crippen molar-refractivity contribution in [2.45, 2.75) is 25.3 Å². The Morgan fingerprint density at radius 2 is 1.96 bits per heavy atom. The fourth-order valence-electron chi connectivity index (χ4n) is 3.98. The van der Waals surface area contributed by atoms with Crippen LogP contribution in [0.3, 0.4) is 0 Å². The zero-order chi connectivity index (χ0) is 18.5. The van der Waals surface area contributed by atoms with Crippen molar-refractivity contribution in [1.29, 1.82) is 0 Å². The summed E-state index contributed by atoms with van der Waals surface area (Å²) >= 11 is 1.75. The first-order valence-electron chi connectivity index (χ1n) is 9.78. The Bertz CT molecular complexity index is 726. The molecule has 0 saturated carbocycles. The predicted octanol–water partition coefficient (Wildman–Crippen LogP) is 3.75. The van der Waals surface area contributed by atoms with Gasteiger partial charge in [-0.05, 0) is 66.0 Å². The van der Waals surface area contributed by atoms with Crippen LogP contribution in [0.5, 0.6) is 0 Å². The van der Waals surface area contributed by atoms with Crippen LogP contribution in [0.1, 0.15) is 30.9 Å². The van der Waals surface area contributed by atoms with E-state index in [0.717, 1.165) is 45.1 Å². The van der Waals surface area contributed by atoms with Crippen LogP contribution in [0.15, 0.2) is 41.1 Å². The zero-order valence-corrected chi connectivity index (χ0v) is 16.4. The Morgan fingerprint density at radius 3 is 2.70 bits per heavy atom. The van der Waals surface area contributed by atoms with Crippen molar-refractivity contribution in [2.24, 2.45) is 0 Å². The Labute approximate surface area is 164 Å². The van der Waals surface area contributed by atoms with Gasteiger partial charge in [-0.2, -0.15) is 11.3 Å². The summed E-state index contributed by atoms with van der Waals surface area (Å²) in [7, 11) is 0. The van der Waals surface area contributed by atoms with Crippen molar-refractivity contribution in [3.8, 4) is 0 Å². The summed E-state index contributed by atoms with van der Waals surface area (Å²) in [5, 5.41) is 7.41. The van der Waals surface area contributed by atoms with Gasteiger partial charge in [-0.15, -0.1) is 0 Å². The van der Waals surface area contributed by atoms with Crippen LogP contribution in [0.2, 0.25) is 0 Å². The van der Waals surface area contributed by atoms with Gasteiger partial charge in [-0.1, -0.05) is 0 Å². The third-order valence-corrected chi connectivity index (χ3v) is 6.15. The Balaban J connectivity index is 1.26. The molecule has 6 heteroatoms. The third kappa shape index (κ3) is 4.69. The number of anilines is 2. The molecule has 0 aliphatic carbocycles. The van der Waals surface area contributed by atoms with E-state index in [0.29, 0.717) is 12.5 Å². The molecule has 2 saturated heterocycles. The van der Waals surface area contributed by atoms with Gasteiger partial charge in [-0.25, -0.2) is 0 Å². The van der Waals surface area contributed by atoms with E-state index in [4.69, 9.17) is 4.74 Å². The van der Waals surface area contributed by atoms with Crippen LogP contribution in [0.25, 0.3) is 0 Å². The highest BCUT2D eigenvalue weighted by Gasteiger charge is 2.26. The molecule has 1 unspecified atom stereocenters. The van der Waals surface area contributed by atoms with E-state index in [-0.39, 0.29) is 5.91 Å². The average Bonchev–Trinajstić information content (AvgIpc) is 3.39. The number of hydrogen-bond donors (Lipinski definition) is 1. The lowest BCUT2D eigenvalue weighted by Gasteiger charge is -2.28. The maximum Gasteiger partial charge on any atom is 0.225 e. The van der Waals surface area contributed by atoms with E-state index in [1.807, 2.05) is 12.1 Å². The van der Waals surface area contributed by atoms with Crippen molar-refractivity contribution in [3.05, 3.63) is 46.7 Å². The number of thiophene rings is 1. The first kappa shape index (κ1) is 18.5. The Hall–Kier alpha value is -1.89. The molecule has 1 aromatic heterocycles. The van der Waals surface area contributed by atoms with Crippen molar-refractivity contribution in [2.75, 3.05) is 49.6 Å². The fourth-order valence-corrected chi connectivity index (χ4v) is 4.69. The van der Waals surface area contributed by atoms with Gasteiger partial charge in [0.25, 0.3) is 0 Å². The van der Waals surface area contributed by atoms with Crippen molar-refractivity contribution in [3.63, 3.8) is 0 Å². The number of amides is 1. The fraction of sp³-hybridized carbons (Fsp3) is 0.476. The molecular weight excluding hydrogens is 358 g/mol. The van der Waals surface area contributed by atoms with E-state index in [1.165, 1.54) is 24.1 Å². The smallest absolute Gasteiger partial charge is 0.225 e. The average molecular weight is 386 g/mol. The summed E-state index contributed by atoms with van der Waals surface area (Å²) in [4.78, 5) is 17.1. The van der Waals surface area contributed by atoms with Gasteiger partial charge in [0.1, 0.15) is 0 Å². The molecule has 1 aromatic carbocycles. The molecule has 0 radical (unpaired) electrons. The summed E-state index contributed by atoms with van der Waals surface area (Å²) in [6.07, 6.45) is 2.94. The molecule has 1 atom stereocenters. The van der Waals surface area contributed by atoms with E-state index in [2.05, 4.69) is 44.1 Å². The highest BCUT2D eigenvalue weighted by Crippen LogP contribution is 2.33. The van der Waals surface area contributed by atoms with Crippen LogP contribution < -0.4 is 10.2 Å². The topological polar surface area (TPSA) is 44.8 Å². The van der Waals surface area contributed by atoms with E-state index in [1.54, 1.807) is 11.3 Å². The highest BCUT2D eigenvalue weighted by molar-refractivity contribution is 7.07. The van der Waals surface area contributed by atoms with Gasteiger partial charge in [0.15, 0.2) is 0 Å². The molecule has 144 valence electrons. The molecule has 0 spiro atoms. The van der Waals surface area contributed by atoms with Gasteiger partial charge in [0, 0.05) is 43.5 Å². The summed E-state index contributed by atoms with van der Waals surface area (Å²) < 4.78 is 5.40. The standard InChI is InChI=1S/C21H27N3O2S/c25-21(7-10-24-9-1-2-20(24)17-8-15-27-16-17)22-18-3-5-19(6-4-18)23-11-13-26-14-12-23/h3-6,8,15-16,20H,1-2,7,9-14H2,(H,22,25). The molecule has 4 rings (SSSR count). The van der Waals surface area contributed by atoms with Crippen molar-refractivity contribution in [1.82, 2.24) is 4.90 Å². The van der Waals surface area contributed by atoms with Crippen LogP contribution in [-0.2, 0) is 9.53 Å². The number of nitrogens with zero attached hydrogens (tertiary/aromatic N) is 2.